The summed E-state index contributed by atoms with van der Waals surface area (Å²) in [6.45, 7) is 1.74. The third kappa shape index (κ3) is 3.22. The van der Waals surface area contributed by atoms with E-state index in [2.05, 4.69) is 11.2 Å². The first kappa shape index (κ1) is 14.0. The van der Waals surface area contributed by atoms with Crippen LogP contribution < -0.4 is 5.32 Å². The quantitative estimate of drug-likeness (QED) is 0.517. The van der Waals surface area contributed by atoms with Crippen molar-refractivity contribution >= 4 is 23.2 Å². The number of nitro benzene ring substituents is 1. The van der Waals surface area contributed by atoms with Crippen LogP contribution in [0, 0.1) is 22.5 Å². The smallest absolute Gasteiger partial charge is 0.288 e. The molecule has 0 bridgehead atoms. The van der Waals surface area contributed by atoms with Crippen molar-refractivity contribution in [2.24, 2.45) is 0 Å². The van der Waals surface area contributed by atoms with Gasteiger partial charge in [-0.25, -0.2) is 0 Å². The molecule has 1 N–H and O–H groups in total. The van der Waals surface area contributed by atoms with Gasteiger partial charge in [0.15, 0.2) is 0 Å². The molecule has 0 radical (unpaired) electrons. The zero-order chi connectivity index (χ0) is 13.7. The maximum absolute atomic E-state index is 11.8. The zero-order valence-corrected chi connectivity index (χ0v) is 10.4. The highest BCUT2D eigenvalue weighted by atomic mass is 35.5. The number of benzene rings is 1. The lowest BCUT2D eigenvalue weighted by molar-refractivity contribution is -0.384. The average molecular weight is 267 g/mol. The Labute approximate surface area is 109 Å². The molecule has 94 valence electrons. The van der Waals surface area contributed by atoms with Gasteiger partial charge in [-0.1, -0.05) is 17.7 Å². The van der Waals surface area contributed by atoms with Crippen molar-refractivity contribution in [2.75, 3.05) is 0 Å². The number of nitrogens with zero attached hydrogens (tertiary/aromatic N) is 1. The van der Waals surface area contributed by atoms with Gasteiger partial charge in [-0.15, -0.1) is 12.3 Å². The second-order valence-corrected chi connectivity index (χ2v) is 4.06. The normalized spacial score (nSPS) is 11.4. The van der Waals surface area contributed by atoms with E-state index >= 15 is 0 Å². The molecule has 1 unspecified atom stereocenters. The summed E-state index contributed by atoms with van der Waals surface area (Å²) in [7, 11) is 0. The van der Waals surface area contributed by atoms with Gasteiger partial charge >= 0.3 is 0 Å². The van der Waals surface area contributed by atoms with Gasteiger partial charge in [-0.3, -0.25) is 14.9 Å². The Balaban J connectivity index is 2.97. The maximum atomic E-state index is 11.8. The van der Waals surface area contributed by atoms with E-state index in [4.69, 9.17) is 18.0 Å². The highest BCUT2D eigenvalue weighted by Crippen LogP contribution is 2.27. The summed E-state index contributed by atoms with van der Waals surface area (Å²) in [6.07, 6.45) is 5.49. The Hall–Kier alpha value is -2.06. The molecule has 1 amide bonds. The molecule has 0 spiro atoms. The van der Waals surface area contributed by atoms with Crippen LogP contribution in [0.2, 0.25) is 5.02 Å². The lowest BCUT2D eigenvalue weighted by Crippen LogP contribution is -2.32. The number of terminal acetylenes is 1. The van der Waals surface area contributed by atoms with Crippen LogP contribution in [0.15, 0.2) is 18.2 Å². The van der Waals surface area contributed by atoms with E-state index in [1.165, 1.54) is 18.2 Å². The highest BCUT2D eigenvalue weighted by Gasteiger charge is 2.20. The van der Waals surface area contributed by atoms with Gasteiger partial charge in [0.25, 0.3) is 11.6 Å². The van der Waals surface area contributed by atoms with Crippen LogP contribution in [-0.4, -0.2) is 16.9 Å². The number of rotatable bonds is 4. The standard InChI is InChI=1S/C12H11ClN2O3/c1-3-5-8(2)14-12(16)9-6-4-7-10(11(9)13)15(17)18/h1,4,6-8H,5H2,2H3,(H,14,16). The van der Waals surface area contributed by atoms with Crippen molar-refractivity contribution < 1.29 is 9.72 Å². The Morgan fingerprint density at radius 1 is 1.67 bits per heavy atom. The first-order valence-corrected chi connectivity index (χ1v) is 5.52. The lowest BCUT2D eigenvalue weighted by atomic mass is 10.1. The van der Waals surface area contributed by atoms with E-state index in [1.54, 1.807) is 6.92 Å². The fraction of sp³-hybridized carbons (Fsp3) is 0.250. The minimum absolute atomic E-state index is 0.0646. The molecule has 0 heterocycles. The summed E-state index contributed by atoms with van der Waals surface area (Å²) in [5.74, 6) is 1.93. The molecule has 0 aliphatic heterocycles. The predicted octanol–water partition coefficient (Wildman–Crippen LogP) is 2.39. The number of amides is 1. The molecule has 0 aliphatic rings. The topological polar surface area (TPSA) is 72.2 Å². The first-order valence-electron chi connectivity index (χ1n) is 5.14. The Morgan fingerprint density at radius 3 is 2.89 bits per heavy atom. The number of hydrogen-bond donors (Lipinski definition) is 1. The molecular formula is C12H11ClN2O3. The van der Waals surface area contributed by atoms with E-state index in [1.807, 2.05) is 0 Å². The van der Waals surface area contributed by atoms with Crippen LogP contribution in [0.5, 0.6) is 0 Å². The molecular weight excluding hydrogens is 256 g/mol. The molecule has 0 aromatic heterocycles. The van der Waals surface area contributed by atoms with E-state index in [0.717, 1.165) is 0 Å². The van der Waals surface area contributed by atoms with Crippen LogP contribution in [0.1, 0.15) is 23.7 Å². The Morgan fingerprint density at radius 2 is 2.33 bits per heavy atom. The van der Waals surface area contributed by atoms with Crippen LogP contribution in [0.3, 0.4) is 0 Å². The van der Waals surface area contributed by atoms with E-state index in [0.29, 0.717) is 6.42 Å². The zero-order valence-electron chi connectivity index (χ0n) is 9.64. The van der Waals surface area contributed by atoms with Gasteiger partial charge in [0, 0.05) is 18.5 Å². The largest absolute Gasteiger partial charge is 0.349 e. The number of nitrogens with one attached hydrogen (secondary N) is 1. The third-order valence-corrected chi connectivity index (χ3v) is 2.62. The van der Waals surface area contributed by atoms with E-state index < -0.39 is 10.8 Å². The summed E-state index contributed by atoms with van der Waals surface area (Å²) in [5, 5.41) is 13.1. The van der Waals surface area contributed by atoms with Gasteiger partial charge in [0.1, 0.15) is 5.02 Å². The van der Waals surface area contributed by atoms with Crippen LogP contribution in [-0.2, 0) is 0 Å². The summed E-state index contributed by atoms with van der Waals surface area (Å²) < 4.78 is 0. The van der Waals surface area contributed by atoms with Crippen molar-refractivity contribution in [1.29, 1.82) is 0 Å². The summed E-state index contributed by atoms with van der Waals surface area (Å²) >= 11 is 5.82. The van der Waals surface area contributed by atoms with Crippen molar-refractivity contribution in [2.45, 2.75) is 19.4 Å². The molecule has 6 heteroatoms. The second kappa shape index (κ2) is 6.03. The lowest BCUT2D eigenvalue weighted by Gasteiger charge is -2.11. The average Bonchev–Trinajstić information content (AvgIpc) is 2.28. The molecule has 0 saturated heterocycles. The van der Waals surface area contributed by atoms with Gasteiger partial charge in [0.2, 0.25) is 0 Å². The van der Waals surface area contributed by atoms with Crippen LogP contribution in [0.25, 0.3) is 0 Å². The monoisotopic (exact) mass is 266 g/mol. The summed E-state index contributed by atoms with van der Waals surface area (Å²) in [6, 6.07) is 3.85. The number of carbonyl (C=O) groups excluding carboxylic acids is 1. The molecule has 0 saturated carbocycles. The van der Waals surface area contributed by atoms with Gasteiger partial charge in [-0.2, -0.15) is 0 Å². The maximum Gasteiger partial charge on any atom is 0.288 e. The van der Waals surface area contributed by atoms with Crippen LogP contribution in [0.4, 0.5) is 5.69 Å². The molecule has 1 aromatic rings. The molecule has 1 rings (SSSR count). The van der Waals surface area contributed by atoms with E-state index in [-0.39, 0.29) is 22.3 Å². The molecule has 1 atom stereocenters. The van der Waals surface area contributed by atoms with Crippen molar-refractivity contribution in [3.8, 4) is 12.3 Å². The van der Waals surface area contributed by atoms with Gasteiger partial charge < -0.3 is 5.32 Å². The minimum atomic E-state index is -0.635. The van der Waals surface area contributed by atoms with Crippen molar-refractivity contribution in [3.05, 3.63) is 38.9 Å². The van der Waals surface area contributed by atoms with Crippen molar-refractivity contribution in [1.82, 2.24) is 5.32 Å². The molecule has 1 aromatic carbocycles. The van der Waals surface area contributed by atoms with E-state index in [9.17, 15) is 14.9 Å². The number of halogens is 1. The molecule has 18 heavy (non-hydrogen) atoms. The number of nitro groups is 1. The Bertz CT molecular complexity index is 523. The fourth-order valence-corrected chi connectivity index (χ4v) is 1.65. The fourth-order valence-electron chi connectivity index (χ4n) is 1.37. The Kier molecular flexibility index (Phi) is 4.69. The van der Waals surface area contributed by atoms with Crippen LogP contribution >= 0.6 is 11.6 Å². The summed E-state index contributed by atoms with van der Waals surface area (Å²) in [5.41, 5.74) is -0.233. The SMILES string of the molecule is C#CCC(C)NC(=O)c1cccc([N+](=O)[O-])c1Cl. The third-order valence-electron chi connectivity index (χ3n) is 2.22. The predicted molar refractivity (Wildman–Crippen MR) is 68.5 cm³/mol. The minimum Gasteiger partial charge on any atom is -0.349 e. The van der Waals surface area contributed by atoms with Crippen molar-refractivity contribution in [3.63, 3.8) is 0 Å². The number of hydrogen-bond acceptors (Lipinski definition) is 3. The molecule has 0 aliphatic carbocycles. The number of carbonyl (C=O) groups is 1. The highest BCUT2D eigenvalue weighted by molar-refractivity contribution is 6.35. The van der Waals surface area contributed by atoms with Gasteiger partial charge in [0.05, 0.1) is 10.5 Å². The van der Waals surface area contributed by atoms with Gasteiger partial charge in [-0.05, 0) is 13.0 Å². The first-order chi connectivity index (χ1) is 8.47. The second-order valence-electron chi connectivity index (χ2n) is 3.68. The summed E-state index contributed by atoms with van der Waals surface area (Å²) in [4.78, 5) is 21.9. The molecule has 5 nitrogen and oxygen atoms in total. The molecule has 0 fully saturated rings.